The third-order valence-corrected chi connectivity index (χ3v) is 9.62. The van der Waals surface area contributed by atoms with Crippen LogP contribution in [0.25, 0.3) is 88.7 Å². The second-order valence-corrected chi connectivity index (χ2v) is 12.6. The zero-order valence-corrected chi connectivity index (χ0v) is 27.3. The predicted molar refractivity (Wildman–Crippen MR) is 207 cm³/mol. The van der Waals surface area contributed by atoms with Crippen LogP contribution >= 0.6 is 12.6 Å². The van der Waals surface area contributed by atoms with Gasteiger partial charge in [0, 0.05) is 43.3 Å². The van der Waals surface area contributed by atoms with E-state index >= 15 is 0 Å². The first kappa shape index (κ1) is 29.1. The molecule has 0 aliphatic carbocycles. The summed E-state index contributed by atoms with van der Waals surface area (Å²) in [6.45, 7) is 0. The van der Waals surface area contributed by atoms with E-state index in [0.29, 0.717) is 0 Å². The van der Waals surface area contributed by atoms with Crippen LogP contribution in [0.2, 0.25) is 0 Å². The van der Waals surface area contributed by atoms with Gasteiger partial charge >= 0.3 is 0 Å². The predicted octanol–water partition coefficient (Wildman–Crippen LogP) is 12.0. The molecule has 2 heterocycles. The quantitative estimate of drug-likeness (QED) is 0.150. The van der Waals surface area contributed by atoms with Gasteiger partial charge in [-0.2, -0.15) is 0 Å². The van der Waals surface area contributed by atoms with Crippen molar-refractivity contribution in [1.29, 1.82) is 0 Å². The van der Waals surface area contributed by atoms with Crippen molar-refractivity contribution in [3.05, 3.63) is 170 Å². The van der Waals surface area contributed by atoms with E-state index in [1.165, 1.54) is 5.39 Å². The number of rotatable bonds is 5. The Kier molecular flexibility index (Phi) is 7.22. The Labute approximate surface area is 290 Å². The van der Waals surface area contributed by atoms with Gasteiger partial charge in [0.1, 0.15) is 0 Å². The highest BCUT2D eigenvalue weighted by atomic mass is 32.1. The number of hydrogen-bond donors (Lipinski definition) is 1. The number of thiol groups is 1. The number of nitrogens with zero attached hydrogens (tertiary/aromatic N) is 3. The molecular weight excluding hydrogens is 615 g/mol. The van der Waals surface area contributed by atoms with Gasteiger partial charge in [-0.3, -0.25) is 0 Å². The van der Waals surface area contributed by atoms with Crippen LogP contribution in [0.1, 0.15) is 0 Å². The average Bonchev–Trinajstić information content (AvgIpc) is 3.18. The largest absolute Gasteiger partial charge is 0.246 e. The highest BCUT2D eigenvalue weighted by molar-refractivity contribution is 7.80. The molecule has 0 saturated carbocycles. The van der Waals surface area contributed by atoms with Crippen LogP contribution in [0.15, 0.2) is 175 Å². The molecule has 0 radical (unpaired) electrons. The number of benzene rings is 7. The summed E-state index contributed by atoms with van der Waals surface area (Å²) in [6, 6.07) is 58.9. The van der Waals surface area contributed by atoms with Crippen LogP contribution in [-0.4, -0.2) is 15.0 Å². The molecule has 9 rings (SSSR count). The molecule has 0 fully saturated rings. The molecule has 3 nitrogen and oxygen atoms in total. The van der Waals surface area contributed by atoms with Gasteiger partial charge < -0.3 is 0 Å². The Morgan fingerprint density at radius 2 is 1.00 bits per heavy atom. The topological polar surface area (TPSA) is 38.7 Å². The molecule has 7 aromatic carbocycles. The number of fused-ring (bicyclic) bond motifs is 4. The van der Waals surface area contributed by atoms with Crippen molar-refractivity contribution in [2.45, 2.75) is 4.90 Å². The molecule has 0 bridgehead atoms. The first-order chi connectivity index (χ1) is 24.2. The van der Waals surface area contributed by atoms with Crippen LogP contribution in [-0.2, 0) is 0 Å². The van der Waals surface area contributed by atoms with Crippen molar-refractivity contribution in [3.63, 3.8) is 0 Å². The van der Waals surface area contributed by atoms with Gasteiger partial charge in [-0.15, -0.1) is 12.6 Å². The molecule has 0 N–H and O–H groups in total. The summed E-state index contributed by atoms with van der Waals surface area (Å²) in [7, 11) is 0. The van der Waals surface area contributed by atoms with Crippen molar-refractivity contribution < 1.29 is 0 Å². The number of pyridine rings is 1. The van der Waals surface area contributed by atoms with Gasteiger partial charge in [0.05, 0.1) is 22.4 Å². The first-order valence-corrected chi connectivity index (χ1v) is 16.8. The Hall–Kier alpha value is -6.10. The fraction of sp³-hybridized carbons (Fsp3) is 0. The van der Waals surface area contributed by atoms with E-state index in [0.717, 1.165) is 88.2 Å². The first-order valence-electron chi connectivity index (χ1n) is 16.3. The second-order valence-electron chi connectivity index (χ2n) is 12.2. The summed E-state index contributed by atoms with van der Waals surface area (Å²) in [6.07, 6.45) is 0. The summed E-state index contributed by atoms with van der Waals surface area (Å²) in [4.78, 5) is 16.1. The third-order valence-electron chi connectivity index (χ3n) is 9.18. The lowest BCUT2D eigenvalue weighted by Crippen LogP contribution is -1.95. The van der Waals surface area contributed by atoms with E-state index in [9.17, 15) is 0 Å². The van der Waals surface area contributed by atoms with Crippen LogP contribution < -0.4 is 0 Å². The van der Waals surface area contributed by atoms with Crippen molar-refractivity contribution in [1.82, 2.24) is 15.0 Å². The molecule has 0 spiro atoms. The molecule has 49 heavy (non-hydrogen) atoms. The summed E-state index contributed by atoms with van der Waals surface area (Å²) in [5.41, 5.74) is 11.2. The van der Waals surface area contributed by atoms with Gasteiger partial charge in [-0.25, -0.2) is 15.0 Å². The van der Waals surface area contributed by atoms with Crippen LogP contribution in [0, 0.1) is 0 Å². The Morgan fingerprint density at radius 3 is 1.80 bits per heavy atom. The van der Waals surface area contributed by atoms with E-state index in [1.807, 2.05) is 36.4 Å². The van der Waals surface area contributed by atoms with Gasteiger partial charge in [0.2, 0.25) is 0 Å². The fourth-order valence-electron chi connectivity index (χ4n) is 6.77. The van der Waals surface area contributed by atoms with E-state index in [4.69, 9.17) is 27.6 Å². The van der Waals surface area contributed by atoms with Crippen molar-refractivity contribution in [2.24, 2.45) is 0 Å². The normalized spacial score (nSPS) is 11.4. The van der Waals surface area contributed by atoms with Gasteiger partial charge in [0.25, 0.3) is 0 Å². The fourth-order valence-corrected chi connectivity index (χ4v) is 7.19. The number of para-hydroxylation sites is 1. The van der Waals surface area contributed by atoms with Gasteiger partial charge in [-0.05, 0) is 34.2 Å². The second kappa shape index (κ2) is 12.2. The summed E-state index contributed by atoms with van der Waals surface area (Å²) >= 11 is 5.17. The molecule has 0 saturated heterocycles. The van der Waals surface area contributed by atoms with E-state index < -0.39 is 0 Å². The summed E-state index contributed by atoms with van der Waals surface area (Å²) in [5.74, 6) is 0.721. The number of aromatic nitrogens is 3. The van der Waals surface area contributed by atoms with E-state index in [1.54, 1.807) is 0 Å². The molecule has 4 heteroatoms. The van der Waals surface area contributed by atoms with Crippen LogP contribution in [0.4, 0.5) is 0 Å². The highest BCUT2D eigenvalue weighted by Crippen LogP contribution is 2.42. The summed E-state index contributed by atoms with van der Waals surface area (Å²) < 4.78 is 0. The maximum Gasteiger partial charge on any atom is 0.160 e. The lowest BCUT2D eigenvalue weighted by molar-refractivity contribution is 1.23. The monoisotopic (exact) mass is 643 g/mol. The third kappa shape index (κ3) is 5.23. The van der Waals surface area contributed by atoms with Crippen molar-refractivity contribution in [3.8, 4) is 56.2 Å². The molecule has 0 aliphatic heterocycles. The van der Waals surface area contributed by atoms with Gasteiger partial charge in [0.15, 0.2) is 5.82 Å². The molecule has 0 amide bonds. The maximum atomic E-state index is 5.32. The molecule has 0 atom stereocenters. The molecule has 9 aromatic rings. The smallest absolute Gasteiger partial charge is 0.160 e. The number of hydrogen-bond acceptors (Lipinski definition) is 4. The Bertz CT molecular complexity index is 2650. The molecule has 230 valence electrons. The van der Waals surface area contributed by atoms with Crippen LogP contribution in [0.3, 0.4) is 0 Å². The average molecular weight is 644 g/mol. The zero-order chi connectivity index (χ0) is 32.7. The summed E-state index contributed by atoms with van der Waals surface area (Å²) in [5, 5.41) is 4.42. The van der Waals surface area contributed by atoms with E-state index in [2.05, 4.69) is 133 Å². The van der Waals surface area contributed by atoms with Gasteiger partial charge in [-0.1, -0.05) is 158 Å². The minimum atomic E-state index is 0.721. The Balaban J connectivity index is 1.16. The van der Waals surface area contributed by atoms with Crippen molar-refractivity contribution in [2.75, 3.05) is 0 Å². The minimum absolute atomic E-state index is 0.721. The molecule has 0 unspecified atom stereocenters. The lowest BCUT2D eigenvalue weighted by atomic mass is 9.94. The standard InChI is InChI=1S/C45H29N3S/c49-44-40(31-13-3-1-4-14-31)38-27-26-30-12-7-8-19-36(30)43(38)47-42(44)35-18-11-17-34(28-35)29-22-24-32(25-23-29)41-37-20-9-10-21-39(37)46-45(48-41)33-15-5-2-6-16-33/h1-28,49H. The van der Waals surface area contributed by atoms with Crippen LogP contribution in [0.5, 0.6) is 0 Å². The van der Waals surface area contributed by atoms with E-state index in [-0.39, 0.29) is 0 Å². The zero-order valence-electron chi connectivity index (χ0n) is 26.5. The minimum Gasteiger partial charge on any atom is -0.246 e. The SMILES string of the molecule is Sc1c(-c2cccc(-c3ccc(-c4nc(-c5ccccc5)nc5ccccc45)cc3)c2)nc2c(ccc3ccccc32)c1-c1ccccc1. The molecule has 2 aromatic heterocycles. The maximum absolute atomic E-state index is 5.32. The lowest BCUT2D eigenvalue weighted by Gasteiger charge is -2.16. The Morgan fingerprint density at radius 1 is 0.367 bits per heavy atom. The highest BCUT2D eigenvalue weighted by Gasteiger charge is 2.18. The molecule has 0 aliphatic rings. The van der Waals surface area contributed by atoms with Crippen molar-refractivity contribution >= 4 is 45.2 Å². The molecular formula is C45H29N3S.